The Bertz CT molecular complexity index is 976. The van der Waals surface area contributed by atoms with Gasteiger partial charge in [0.2, 0.25) is 0 Å². The van der Waals surface area contributed by atoms with E-state index in [0.29, 0.717) is 0 Å². The predicted molar refractivity (Wildman–Crippen MR) is 124 cm³/mol. The van der Waals surface area contributed by atoms with Crippen LogP contribution in [-0.2, 0) is 13.0 Å². The van der Waals surface area contributed by atoms with Crippen LogP contribution in [-0.4, -0.2) is 28.0 Å². The number of nitrogens with zero attached hydrogens (tertiary/aromatic N) is 3. The van der Waals surface area contributed by atoms with Gasteiger partial charge in [-0.2, -0.15) is 0 Å². The van der Waals surface area contributed by atoms with Crippen LogP contribution in [0.4, 0.5) is 0 Å². The highest BCUT2D eigenvalue weighted by molar-refractivity contribution is 9.10. The Labute approximate surface area is 182 Å². The van der Waals surface area contributed by atoms with Crippen LogP contribution >= 0.6 is 15.9 Å². The molecule has 0 saturated carbocycles. The zero-order valence-electron chi connectivity index (χ0n) is 17.3. The monoisotopic (exact) mass is 449 g/mol. The Balaban J connectivity index is 1.62. The number of aromatic nitrogens is 2. The zero-order valence-corrected chi connectivity index (χ0v) is 18.9. The lowest BCUT2D eigenvalue weighted by molar-refractivity contribution is 0.221. The molecule has 29 heavy (non-hydrogen) atoms. The molecule has 0 spiro atoms. The maximum absolute atomic E-state index is 4.79. The summed E-state index contributed by atoms with van der Waals surface area (Å²) >= 11 is 3.52. The third kappa shape index (κ3) is 4.76. The zero-order chi connectivity index (χ0) is 20.2. The summed E-state index contributed by atoms with van der Waals surface area (Å²) in [4.78, 5) is 11.7. The maximum Gasteiger partial charge on any atom is 0.106 e. The van der Waals surface area contributed by atoms with E-state index in [1.807, 2.05) is 12.4 Å². The van der Waals surface area contributed by atoms with Crippen LogP contribution in [0.25, 0.3) is 22.3 Å². The van der Waals surface area contributed by atoms with Gasteiger partial charge in [-0.15, -0.1) is 0 Å². The van der Waals surface area contributed by atoms with E-state index in [9.17, 15) is 0 Å². The summed E-state index contributed by atoms with van der Waals surface area (Å²) in [6.45, 7) is 7.79. The fourth-order valence-corrected chi connectivity index (χ4v) is 4.46. The first kappa shape index (κ1) is 20.2. The number of hydrogen-bond donors (Lipinski definition) is 0. The molecule has 3 heterocycles. The predicted octanol–water partition coefficient (Wildman–Crippen LogP) is 6.43. The van der Waals surface area contributed by atoms with E-state index in [0.717, 1.165) is 28.8 Å². The number of aryl methyl sites for hydroxylation is 2. The molecule has 0 bridgehead atoms. The van der Waals surface area contributed by atoms with E-state index >= 15 is 0 Å². The van der Waals surface area contributed by atoms with Crippen molar-refractivity contribution in [1.29, 1.82) is 0 Å². The first-order valence-corrected chi connectivity index (χ1v) is 11.4. The Morgan fingerprint density at radius 3 is 2.38 bits per heavy atom. The summed E-state index contributed by atoms with van der Waals surface area (Å²) in [5.74, 6) is 0. The number of rotatable bonds is 5. The molecular weight excluding hydrogens is 422 g/mol. The third-order valence-electron chi connectivity index (χ3n) is 5.81. The molecule has 0 atom stereocenters. The number of hydrogen-bond acceptors (Lipinski definition) is 3. The molecule has 1 saturated heterocycles. The normalized spacial score (nSPS) is 14.9. The molecule has 0 aliphatic carbocycles. The van der Waals surface area contributed by atoms with Gasteiger partial charge >= 0.3 is 0 Å². The average Bonchev–Trinajstić information content (AvgIpc) is 2.76. The van der Waals surface area contributed by atoms with Crippen LogP contribution in [0.2, 0.25) is 0 Å². The molecule has 0 unspecified atom stereocenters. The van der Waals surface area contributed by atoms with Crippen molar-refractivity contribution in [3.8, 4) is 22.3 Å². The van der Waals surface area contributed by atoms with E-state index in [1.165, 1.54) is 60.2 Å². The van der Waals surface area contributed by atoms with Gasteiger partial charge in [-0.05, 0) is 89.6 Å². The van der Waals surface area contributed by atoms with Crippen LogP contribution in [0.15, 0.2) is 53.4 Å². The minimum absolute atomic E-state index is 0.854. The number of benzene rings is 1. The second-order valence-electron chi connectivity index (χ2n) is 7.93. The maximum atomic E-state index is 4.79. The molecule has 4 heteroatoms. The van der Waals surface area contributed by atoms with Crippen LogP contribution in [0.1, 0.15) is 43.0 Å². The summed E-state index contributed by atoms with van der Waals surface area (Å²) in [6, 6.07) is 13.4. The van der Waals surface area contributed by atoms with Crippen LogP contribution in [0.3, 0.4) is 0 Å². The molecule has 150 valence electrons. The van der Waals surface area contributed by atoms with Crippen LogP contribution < -0.4 is 0 Å². The molecule has 0 amide bonds. The van der Waals surface area contributed by atoms with E-state index in [1.54, 1.807) is 0 Å². The Hall–Kier alpha value is -2.04. The Morgan fingerprint density at radius 1 is 0.897 bits per heavy atom. The molecular formula is C25H28BrN3. The summed E-state index contributed by atoms with van der Waals surface area (Å²) < 4.78 is 0.854. The fourth-order valence-electron chi connectivity index (χ4n) is 4.13. The van der Waals surface area contributed by atoms with Crippen LogP contribution in [0.5, 0.6) is 0 Å². The first-order chi connectivity index (χ1) is 14.1. The summed E-state index contributed by atoms with van der Waals surface area (Å²) in [5.41, 5.74) is 8.45. The van der Waals surface area contributed by atoms with Gasteiger partial charge in [-0.25, -0.2) is 4.98 Å². The van der Waals surface area contributed by atoms with Crippen LogP contribution in [0, 0.1) is 6.92 Å². The van der Waals surface area contributed by atoms with E-state index < -0.39 is 0 Å². The molecule has 1 aromatic carbocycles. The van der Waals surface area contributed by atoms with Crippen molar-refractivity contribution in [3.05, 3.63) is 70.2 Å². The fraction of sp³-hybridized carbons (Fsp3) is 0.360. The average molecular weight is 450 g/mol. The Morgan fingerprint density at radius 2 is 1.66 bits per heavy atom. The molecule has 4 rings (SSSR count). The molecule has 3 nitrogen and oxygen atoms in total. The summed E-state index contributed by atoms with van der Waals surface area (Å²) in [6.07, 6.45) is 8.88. The largest absolute Gasteiger partial charge is 0.299 e. The van der Waals surface area contributed by atoms with Crippen molar-refractivity contribution in [2.45, 2.75) is 46.1 Å². The van der Waals surface area contributed by atoms with E-state index in [2.05, 4.69) is 76.1 Å². The molecule has 2 aromatic heterocycles. The highest BCUT2D eigenvalue weighted by Crippen LogP contribution is 2.32. The second-order valence-corrected chi connectivity index (χ2v) is 8.74. The van der Waals surface area contributed by atoms with Gasteiger partial charge in [-0.1, -0.05) is 37.6 Å². The minimum Gasteiger partial charge on any atom is -0.299 e. The van der Waals surface area contributed by atoms with Gasteiger partial charge in [-0.3, -0.25) is 9.88 Å². The highest BCUT2D eigenvalue weighted by Gasteiger charge is 2.13. The molecule has 0 N–H and O–H groups in total. The lowest BCUT2D eigenvalue weighted by atomic mass is 9.96. The SMILES string of the molecule is CCc1ncc(-c2ccc(CN3CCCCC3)cc2)cc1-c1cc(Br)ncc1C. The topological polar surface area (TPSA) is 29.0 Å². The molecule has 3 aromatic rings. The summed E-state index contributed by atoms with van der Waals surface area (Å²) in [7, 11) is 0. The quantitative estimate of drug-likeness (QED) is 0.420. The van der Waals surface area contributed by atoms with E-state index in [-0.39, 0.29) is 0 Å². The van der Waals surface area contributed by atoms with Gasteiger partial charge in [0.05, 0.1) is 0 Å². The third-order valence-corrected chi connectivity index (χ3v) is 6.24. The van der Waals surface area contributed by atoms with Gasteiger partial charge in [0.25, 0.3) is 0 Å². The number of likely N-dealkylation sites (tertiary alicyclic amines) is 1. The molecule has 1 aliphatic rings. The number of piperidine rings is 1. The molecule has 1 fully saturated rings. The van der Waals surface area contributed by atoms with Crippen molar-refractivity contribution in [1.82, 2.24) is 14.9 Å². The molecule has 0 radical (unpaired) electrons. The van der Waals surface area contributed by atoms with Gasteiger partial charge in [0.15, 0.2) is 0 Å². The van der Waals surface area contributed by atoms with Gasteiger partial charge in [0.1, 0.15) is 4.60 Å². The van der Waals surface area contributed by atoms with Crippen molar-refractivity contribution >= 4 is 15.9 Å². The molecule has 1 aliphatic heterocycles. The standard InChI is InChI=1S/C25H28BrN3/c1-3-24-23(22-14-25(26)28-15-18(22)2)13-21(16-27-24)20-9-7-19(8-10-20)17-29-11-5-4-6-12-29/h7-10,13-16H,3-6,11-12,17H2,1-2H3. The van der Waals surface area contributed by atoms with Gasteiger partial charge < -0.3 is 0 Å². The first-order valence-electron chi connectivity index (χ1n) is 10.6. The minimum atomic E-state index is 0.854. The number of halogens is 1. The van der Waals surface area contributed by atoms with Crippen molar-refractivity contribution in [2.24, 2.45) is 0 Å². The Kier molecular flexibility index (Phi) is 6.41. The van der Waals surface area contributed by atoms with E-state index in [4.69, 9.17) is 4.98 Å². The second kappa shape index (κ2) is 9.19. The number of pyridine rings is 2. The highest BCUT2D eigenvalue weighted by atomic mass is 79.9. The van der Waals surface area contributed by atoms with Crippen molar-refractivity contribution in [3.63, 3.8) is 0 Å². The lowest BCUT2D eigenvalue weighted by Crippen LogP contribution is -2.28. The van der Waals surface area contributed by atoms with Crippen molar-refractivity contribution in [2.75, 3.05) is 13.1 Å². The summed E-state index contributed by atoms with van der Waals surface area (Å²) in [5, 5.41) is 0. The lowest BCUT2D eigenvalue weighted by Gasteiger charge is -2.26. The smallest absolute Gasteiger partial charge is 0.106 e. The van der Waals surface area contributed by atoms with Gasteiger partial charge in [0, 0.05) is 35.8 Å². The van der Waals surface area contributed by atoms with Crippen molar-refractivity contribution < 1.29 is 0 Å².